The molecular weight excluding hydrogens is 220 g/mol. The topological polar surface area (TPSA) is 63.6 Å². The molecule has 0 aliphatic rings. The fourth-order valence-corrected chi connectivity index (χ4v) is 1.31. The van der Waals surface area contributed by atoms with Gasteiger partial charge in [-0.3, -0.25) is 4.79 Å². The second-order valence-electron chi connectivity index (χ2n) is 3.76. The van der Waals surface area contributed by atoms with Crippen LogP contribution in [0.4, 0.5) is 0 Å². The first-order valence-electron chi connectivity index (χ1n) is 5.61. The second-order valence-corrected chi connectivity index (χ2v) is 3.76. The molecule has 0 spiro atoms. The summed E-state index contributed by atoms with van der Waals surface area (Å²) >= 11 is 0. The number of ether oxygens (including phenoxy) is 1. The molecule has 0 unspecified atom stereocenters. The Hall–Kier alpha value is -1.84. The number of rotatable bonds is 6. The van der Waals surface area contributed by atoms with E-state index in [1.54, 1.807) is 12.1 Å². The van der Waals surface area contributed by atoms with Crippen LogP contribution in [0.15, 0.2) is 24.3 Å². The second kappa shape index (κ2) is 6.68. The van der Waals surface area contributed by atoms with E-state index in [0.717, 1.165) is 12.8 Å². The minimum Gasteiger partial charge on any atom is -0.508 e. The third-order valence-corrected chi connectivity index (χ3v) is 2.23. The largest absolute Gasteiger partial charge is 0.508 e. The van der Waals surface area contributed by atoms with Crippen molar-refractivity contribution in [3.8, 4) is 5.75 Å². The van der Waals surface area contributed by atoms with Gasteiger partial charge in [-0.25, -0.2) is 4.79 Å². The van der Waals surface area contributed by atoms with Gasteiger partial charge in [-0.15, -0.1) is 0 Å². The molecule has 0 amide bonds. The van der Waals surface area contributed by atoms with Crippen LogP contribution in [0.25, 0.3) is 0 Å². The summed E-state index contributed by atoms with van der Waals surface area (Å²) in [4.78, 5) is 22.7. The van der Waals surface area contributed by atoms with E-state index in [1.807, 2.05) is 6.92 Å². The van der Waals surface area contributed by atoms with E-state index in [0.29, 0.717) is 5.56 Å². The maximum Gasteiger partial charge on any atom is 0.374 e. The lowest BCUT2D eigenvalue weighted by atomic mass is 10.1. The number of hydrogen-bond donors (Lipinski definition) is 1. The summed E-state index contributed by atoms with van der Waals surface area (Å²) in [6.07, 6.45) is 1.62. The highest BCUT2D eigenvalue weighted by Gasteiger charge is 2.15. The van der Waals surface area contributed by atoms with E-state index in [9.17, 15) is 14.7 Å². The molecule has 4 nitrogen and oxygen atoms in total. The molecular formula is C13H16O4. The fraction of sp³-hybridized carbons (Fsp3) is 0.385. The van der Waals surface area contributed by atoms with E-state index in [2.05, 4.69) is 0 Å². The van der Waals surface area contributed by atoms with Crippen LogP contribution < -0.4 is 0 Å². The molecule has 0 aliphatic carbocycles. The molecule has 0 bridgehead atoms. The molecule has 4 heteroatoms. The summed E-state index contributed by atoms with van der Waals surface area (Å²) in [5.74, 6) is -1.32. The van der Waals surface area contributed by atoms with Crippen molar-refractivity contribution in [3.63, 3.8) is 0 Å². The Morgan fingerprint density at radius 2 is 2.12 bits per heavy atom. The predicted octanol–water partition coefficient (Wildman–Crippen LogP) is 1.85. The fourth-order valence-electron chi connectivity index (χ4n) is 1.31. The zero-order valence-corrected chi connectivity index (χ0v) is 9.81. The van der Waals surface area contributed by atoms with Gasteiger partial charge in [0.05, 0.1) is 6.61 Å². The Bertz CT molecular complexity index is 398. The summed E-state index contributed by atoms with van der Waals surface area (Å²) in [6, 6.07) is 6.27. The number of phenolic OH excluding ortho intramolecular Hbond substituents is 1. The van der Waals surface area contributed by atoms with Crippen molar-refractivity contribution in [1.82, 2.24) is 0 Å². The van der Waals surface area contributed by atoms with Crippen molar-refractivity contribution in [2.75, 3.05) is 6.61 Å². The van der Waals surface area contributed by atoms with Crippen molar-refractivity contribution >= 4 is 11.8 Å². The average molecular weight is 236 g/mol. The first-order valence-corrected chi connectivity index (χ1v) is 5.61. The first-order chi connectivity index (χ1) is 8.13. The summed E-state index contributed by atoms with van der Waals surface area (Å²) in [7, 11) is 0. The van der Waals surface area contributed by atoms with Gasteiger partial charge in [0.25, 0.3) is 0 Å². The molecule has 0 saturated carbocycles. The van der Waals surface area contributed by atoms with Gasteiger partial charge < -0.3 is 9.84 Å². The smallest absolute Gasteiger partial charge is 0.374 e. The maximum absolute atomic E-state index is 11.5. The molecule has 92 valence electrons. The number of ketones is 1. The summed E-state index contributed by atoms with van der Waals surface area (Å²) < 4.78 is 4.80. The predicted molar refractivity (Wildman–Crippen MR) is 62.7 cm³/mol. The van der Waals surface area contributed by atoms with Gasteiger partial charge >= 0.3 is 5.97 Å². The molecule has 0 radical (unpaired) electrons. The number of aromatic hydroxyl groups is 1. The third-order valence-electron chi connectivity index (χ3n) is 2.23. The number of Topliss-reactive ketones (excluding diaryl/α,β-unsaturated/α-hetero) is 1. The number of phenols is 1. The van der Waals surface area contributed by atoms with Gasteiger partial charge in [-0.05, 0) is 24.1 Å². The first kappa shape index (κ1) is 13.2. The van der Waals surface area contributed by atoms with E-state index >= 15 is 0 Å². The Kier molecular flexibility index (Phi) is 5.20. The summed E-state index contributed by atoms with van der Waals surface area (Å²) in [6.45, 7) is 2.25. The third kappa shape index (κ3) is 4.68. The zero-order valence-electron chi connectivity index (χ0n) is 9.81. The molecule has 0 aliphatic heterocycles. The summed E-state index contributed by atoms with van der Waals surface area (Å²) in [5.41, 5.74) is 0.599. The molecule has 1 aromatic rings. The number of carbonyl (C=O) groups is 2. The monoisotopic (exact) mass is 236 g/mol. The van der Waals surface area contributed by atoms with Crippen molar-refractivity contribution in [3.05, 3.63) is 29.8 Å². The van der Waals surface area contributed by atoms with Crippen LogP contribution in [0.3, 0.4) is 0 Å². The van der Waals surface area contributed by atoms with Crippen LogP contribution in [0.5, 0.6) is 5.75 Å². The summed E-state index contributed by atoms with van der Waals surface area (Å²) in [5, 5.41) is 9.21. The Morgan fingerprint density at radius 1 is 1.35 bits per heavy atom. The van der Waals surface area contributed by atoms with E-state index in [-0.39, 0.29) is 18.8 Å². The van der Waals surface area contributed by atoms with Crippen molar-refractivity contribution in [1.29, 1.82) is 0 Å². The molecule has 0 saturated heterocycles. The normalized spacial score (nSPS) is 9.94. The molecule has 1 rings (SSSR count). The molecule has 1 N–H and O–H groups in total. The Morgan fingerprint density at radius 3 is 2.76 bits per heavy atom. The van der Waals surface area contributed by atoms with Crippen LogP contribution in [-0.4, -0.2) is 23.5 Å². The maximum atomic E-state index is 11.5. The van der Waals surface area contributed by atoms with Crippen molar-refractivity contribution < 1.29 is 19.4 Å². The van der Waals surface area contributed by atoms with Crippen molar-refractivity contribution in [2.24, 2.45) is 0 Å². The molecule has 1 aromatic carbocycles. The van der Waals surface area contributed by atoms with E-state index in [4.69, 9.17) is 4.74 Å². The Labute approximate surface area is 100 Å². The van der Waals surface area contributed by atoms with Gasteiger partial charge in [0, 0.05) is 6.42 Å². The van der Waals surface area contributed by atoms with Gasteiger partial charge in [0.15, 0.2) is 0 Å². The highest BCUT2D eigenvalue weighted by atomic mass is 16.5. The molecule has 0 atom stereocenters. The zero-order chi connectivity index (χ0) is 12.7. The highest BCUT2D eigenvalue weighted by molar-refractivity contribution is 6.34. The highest BCUT2D eigenvalue weighted by Crippen LogP contribution is 2.11. The van der Waals surface area contributed by atoms with E-state index in [1.165, 1.54) is 12.1 Å². The number of benzene rings is 1. The molecule has 17 heavy (non-hydrogen) atoms. The van der Waals surface area contributed by atoms with Crippen LogP contribution in [0.2, 0.25) is 0 Å². The van der Waals surface area contributed by atoms with Crippen LogP contribution in [0, 0.1) is 0 Å². The molecule has 0 heterocycles. The van der Waals surface area contributed by atoms with Gasteiger partial charge in [-0.2, -0.15) is 0 Å². The van der Waals surface area contributed by atoms with Gasteiger partial charge in [0.2, 0.25) is 5.78 Å². The lowest BCUT2D eigenvalue weighted by Crippen LogP contribution is -2.20. The van der Waals surface area contributed by atoms with Gasteiger partial charge in [0.1, 0.15) is 5.75 Å². The number of hydrogen-bond acceptors (Lipinski definition) is 4. The minimum atomic E-state index is -0.804. The number of esters is 1. The SMILES string of the molecule is CCCCOC(=O)C(=O)Cc1cccc(O)c1. The quantitative estimate of drug-likeness (QED) is 0.465. The van der Waals surface area contributed by atoms with Crippen LogP contribution in [0.1, 0.15) is 25.3 Å². The van der Waals surface area contributed by atoms with Gasteiger partial charge in [-0.1, -0.05) is 25.5 Å². The molecule has 0 fully saturated rings. The minimum absolute atomic E-state index is 0.0423. The lowest BCUT2D eigenvalue weighted by Gasteiger charge is -2.03. The standard InChI is InChI=1S/C13H16O4/c1-2-3-7-17-13(16)12(15)9-10-5-4-6-11(14)8-10/h4-6,8,14H,2-3,7,9H2,1H3. The molecule has 0 aromatic heterocycles. The van der Waals surface area contributed by atoms with Crippen LogP contribution in [-0.2, 0) is 20.7 Å². The van der Waals surface area contributed by atoms with Crippen molar-refractivity contribution in [2.45, 2.75) is 26.2 Å². The Balaban J connectivity index is 2.46. The lowest BCUT2D eigenvalue weighted by molar-refractivity contribution is -0.153. The number of unbranched alkanes of at least 4 members (excludes halogenated alkanes) is 1. The van der Waals surface area contributed by atoms with E-state index < -0.39 is 11.8 Å². The number of carbonyl (C=O) groups excluding carboxylic acids is 2. The van der Waals surface area contributed by atoms with Crippen LogP contribution >= 0.6 is 0 Å². The average Bonchev–Trinajstić information content (AvgIpc) is 2.29.